The van der Waals surface area contributed by atoms with Gasteiger partial charge in [-0.1, -0.05) is 0 Å². The van der Waals surface area contributed by atoms with Gasteiger partial charge < -0.3 is 68.3 Å². The Kier molecular flexibility index (Phi) is 14.5. The summed E-state index contributed by atoms with van der Waals surface area (Å²) in [6.45, 7) is 0. The fraction of sp³-hybridized carbons (Fsp3) is 1.00. The molecule has 0 aliphatic heterocycles. The van der Waals surface area contributed by atoms with E-state index in [1.807, 2.05) is 0 Å². The maximum Gasteiger partial charge on any atom is 0.761 e. The van der Waals surface area contributed by atoms with Crippen molar-refractivity contribution in [1.82, 2.24) is 0 Å². The standard InChI is InChI=1S/C6H18O24P6.H2O3Si/c7-31(8,9)25-1-2(26-32(10,11)12)4(28-34(16,17)18)6(30-36(22,23)24)5(29-35(19,20)21)3(1)27-33(13,14)15;1-4(2)3/h1-6H,(H2,7,8,9)(H2,10,11,12)(H2,13,14,15)(H2,16,17,18)(H2,19,20,21)(H2,22,23,24);1-2H/t1-,2-,3-,4+,5-,6-;. The van der Waals surface area contributed by atoms with Crippen LogP contribution in [-0.4, -0.2) is 114 Å². The molecule has 0 aromatic rings. The van der Waals surface area contributed by atoms with Crippen LogP contribution in [0.15, 0.2) is 0 Å². The lowest BCUT2D eigenvalue weighted by molar-refractivity contribution is -0.202. The number of phosphoric acid groups is 6. The third-order valence-electron chi connectivity index (χ3n) is 3.50. The summed E-state index contributed by atoms with van der Waals surface area (Å²) in [5.41, 5.74) is 0. The molecule has 1 aliphatic rings. The Balaban J connectivity index is 0.00000354. The van der Waals surface area contributed by atoms with E-state index in [2.05, 4.69) is 27.1 Å². The van der Waals surface area contributed by atoms with Crippen LogP contribution in [0, 0.1) is 0 Å². The van der Waals surface area contributed by atoms with Crippen molar-refractivity contribution in [3.05, 3.63) is 0 Å². The highest BCUT2D eigenvalue weighted by Gasteiger charge is 2.62. The van der Waals surface area contributed by atoms with Gasteiger partial charge in [-0.3, -0.25) is 31.6 Å². The molecule has 0 amide bonds. The molecule has 0 heterocycles. The van der Waals surface area contributed by atoms with Crippen LogP contribution >= 0.6 is 46.9 Å². The van der Waals surface area contributed by atoms with E-state index >= 15 is 0 Å². The zero-order chi connectivity index (χ0) is 32.3. The van der Waals surface area contributed by atoms with E-state index in [0.29, 0.717) is 0 Å². The van der Waals surface area contributed by atoms with Crippen molar-refractivity contribution in [2.45, 2.75) is 36.6 Å². The molecule has 14 N–H and O–H groups in total. The summed E-state index contributed by atoms with van der Waals surface area (Å²) < 4.78 is 102. The van der Waals surface area contributed by atoms with E-state index in [9.17, 15) is 27.4 Å². The summed E-state index contributed by atoms with van der Waals surface area (Å²) in [5.74, 6) is 0. The van der Waals surface area contributed by atoms with Crippen molar-refractivity contribution in [1.29, 1.82) is 0 Å². The molecule has 0 atom stereocenters. The monoisotopic (exact) mass is 738 g/mol. The van der Waals surface area contributed by atoms with E-state index < -0.39 is 92.7 Å². The summed E-state index contributed by atoms with van der Waals surface area (Å²) in [4.78, 5) is 124. The number of hydrogen-bond donors (Lipinski definition) is 14. The first-order chi connectivity index (χ1) is 17.3. The molecule has 1 saturated carbocycles. The molecule has 0 saturated heterocycles. The highest BCUT2D eigenvalue weighted by Crippen LogP contribution is 2.57. The molecule has 1 fully saturated rings. The van der Waals surface area contributed by atoms with Crippen molar-refractivity contribution in [2.75, 3.05) is 0 Å². The Bertz CT molecular complexity index is 913. The highest BCUT2D eigenvalue weighted by atomic mass is 31.2. The topological polar surface area (TPSA) is 458 Å². The van der Waals surface area contributed by atoms with Crippen LogP contribution in [0.25, 0.3) is 0 Å². The third-order valence-corrected chi connectivity index (χ3v) is 6.61. The predicted octanol–water partition coefficient (Wildman–Crippen LogP) is -4.75. The fourth-order valence-corrected chi connectivity index (χ4v) is 6.14. The van der Waals surface area contributed by atoms with E-state index in [0.717, 1.165) is 0 Å². The molecule has 1 aliphatic carbocycles. The predicted molar refractivity (Wildman–Crippen MR) is 112 cm³/mol. The zero-order valence-corrected chi connectivity index (χ0v) is 24.6. The van der Waals surface area contributed by atoms with Crippen molar-refractivity contribution in [3.8, 4) is 0 Å². The Hall–Kier alpha value is 0.277. The van der Waals surface area contributed by atoms with Gasteiger partial charge in [-0.15, -0.1) is 0 Å². The van der Waals surface area contributed by atoms with Gasteiger partial charge in [0.25, 0.3) is 0 Å². The maximum atomic E-state index is 11.4. The summed E-state index contributed by atoms with van der Waals surface area (Å²) in [6.07, 6.45) is -18.9. The SMILES string of the molecule is O=P(O)(O)O[C@H]1[C@H](OP(=O)(O)O)[C@@H](OP(=O)(O)O)[C@H](OP(=O)(O)O)[C@@H](OP(=O)(O)O)[C@H]1OP(=O)(O)O.O=[Si](O)O. The molecule has 1 rings (SSSR count). The lowest BCUT2D eigenvalue weighted by Gasteiger charge is -2.48. The van der Waals surface area contributed by atoms with Gasteiger partial charge in [0.05, 0.1) is 0 Å². The van der Waals surface area contributed by atoms with Crippen molar-refractivity contribution in [3.63, 3.8) is 0 Å². The van der Waals surface area contributed by atoms with Gasteiger partial charge in [-0.05, 0) is 0 Å². The minimum atomic E-state index is -6.02. The average molecular weight is 738 g/mol. The molecule has 0 aromatic carbocycles. The smallest absolute Gasteiger partial charge is 0.511 e. The molecule has 0 unspecified atom stereocenters. The number of hydrogen-bond acceptors (Lipinski definition) is 13. The second-order valence-corrected chi connectivity index (χ2v) is 14.4. The minimum absolute atomic E-state index is 3.13. The van der Waals surface area contributed by atoms with Gasteiger partial charge in [-0.2, -0.15) is 0 Å². The molecular formula is C6H20O27P6Si. The summed E-state index contributed by atoms with van der Waals surface area (Å²) in [7, 11) is -39.2. The third kappa shape index (κ3) is 18.1. The molecule has 240 valence electrons. The molecule has 40 heavy (non-hydrogen) atoms. The Morgan fingerprint density at radius 3 is 0.475 bits per heavy atom. The minimum Gasteiger partial charge on any atom is -0.511 e. The van der Waals surface area contributed by atoms with Crippen LogP contribution in [0.4, 0.5) is 0 Å². The molecule has 34 heteroatoms. The number of rotatable bonds is 12. The molecular weight excluding hydrogens is 718 g/mol. The van der Waals surface area contributed by atoms with Crippen molar-refractivity contribution in [2.24, 2.45) is 0 Å². The van der Waals surface area contributed by atoms with Crippen LogP contribution in [-0.2, 0) is 59.0 Å². The van der Waals surface area contributed by atoms with E-state index in [-0.39, 0.29) is 0 Å². The molecule has 0 aromatic heterocycles. The summed E-state index contributed by atoms with van der Waals surface area (Å²) in [5, 5.41) is 0. The van der Waals surface area contributed by atoms with Crippen LogP contribution in [0.3, 0.4) is 0 Å². The highest BCUT2D eigenvalue weighted by molar-refractivity contribution is 7.47. The second kappa shape index (κ2) is 14.4. The van der Waals surface area contributed by atoms with Crippen molar-refractivity contribution >= 4 is 56.1 Å². The molecule has 27 nitrogen and oxygen atoms in total. The Morgan fingerprint density at radius 2 is 0.425 bits per heavy atom. The van der Waals surface area contributed by atoms with Gasteiger partial charge in [0.2, 0.25) is 0 Å². The fourth-order valence-electron chi connectivity index (χ4n) is 2.79. The first-order valence-corrected chi connectivity index (χ1v) is 19.1. The normalized spacial score (nSPS) is 27.0. The quantitative estimate of drug-likeness (QED) is 0.0660. The maximum absolute atomic E-state index is 11.4. The van der Waals surface area contributed by atoms with E-state index in [4.69, 9.17) is 72.8 Å². The van der Waals surface area contributed by atoms with Crippen LogP contribution in [0.1, 0.15) is 0 Å². The number of phosphoric ester groups is 6. The molecule has 0 spiro atoms. The van der Waals surface area contributed by atoms with Crippen molar-refractivity contribution < 1.29 is 127 Å². The van der Waals surface area contributed by atoms with Crippen LogP contribution in [0.5, 0.6) is 0 Å². The lowest BCUT2D eigenvalue weighted by atomic mass is 9.85. The van der Waals surface area contributed by atoms with Gasteiger partial charge >= 0.3 is 56.1 Å². The van der Waals surface area contributed by atoms with Crippen LogP contribution < -0.4 is 0 Å². The Labute approximate surface area is 220 Å². The first-order valence-electron chi connectivity index (χ1n) is 8.66. The molecule has 0 radical (unpaired) electrons. The summed E-state index contributed by atoms with van der Waals surface area (Å²) in [6, 6.07) is 0. The summed E-state index contributed by atoms with van der Waals surface area (Å²) >= 11 is 0. The first kappa shape index (κ1) is 40.3. The van der Waals surface area contributed by atoms with Crippen LogP contribution in [0.2, 0.25) is 0 Å². The van der Waals surface area contributed by atoms with Gasteiger partial charge in [-0.25, -0.2) is 27.4 Å². The van der Waals surface area contributed by atoms with Gasteiger partial charge in [0.15, 0.2) is 0 Å². The average Bonchev–Trinajstić information content (AvgIpc) is 2.57. The Morgan fingerprint density at radius 1 is 0.350 bits per heavy atom. The molecule has 0 bridgehead atoms. The zero-order valence-electron chi connectivity index (χ0n) is 18.2. The van der Waals surface area contributed by atoms with E-state index in [1.165, 1.54) is 0 Å². The largest absolute Gasteiger partial charge is 0.761 e. The lowest BCUT2D eigenvalue weighted by Crippen LogP contribution is -2.66. The second-order valence-electron chi connectivity index (χ2n) is 6.65. The van der Waals surface area contributed by atoms with Gasteiger partial charge in [0, 0.05) is 0 Å². The van der Waals surface area contributed by atoms with Gasteiger partial charge in [0.1, 0.15) is 36.6 Å². The van der Waals surface area contributed by atoms with E-state index in [1.54, 1.807) is 0 Å².